The van der Waals surface area contributed by atoms with Crippen LogP contribution in [0.2, 0.25) is 5.02 Å². The molecule has 2 N–H and O–H groups in total. The van der Waals surface area contributed by atoms with Crippen LogP contribution in [0.3, 0.4) is 0 Å². The van der Waals surface area contributed by atoms with E-state index in [0.717, 1.165) is 11.3 Å². The molecule has 0 atom stereocenters. The van der Waals surface area contributed by atoms with Crippen molar-refractivity contribution in [3.63, 3.8) is 0 Å². The number of nitrogens with zero attached hydrogens (tertiary/aromatic N) is 2. The topological polar surface area (TPSA) is 73.8 Å². The van der Waals surface area contributed by atoms with Gasteiger partial charge in [-0.1, -0.05) is 23.7 Å². The zero-order valence-corrected chi connectivity index (χ0v) is 15.5. The highest BCUT2D eigenvalue weighted by Gasteiger charge is 2.06. The summed E-state index contributed by atoms with van der Waals surface area (Å²) in [5.41, 5.74) is 5.01. The van der Waals surface area contributed by atoms with E-state index in [-0.39, 0.29) is 24.7 Å². The van der Waals surface area contributed by atoms with Crippen LogP contribution in [-0.4, -0.2) is 32.1 Å². The summed E-state index contributed by atoms with van der Waals surface area (Å²) in [6.45, 7) is 0. The van der Waals surface area contributed by atoms with Crippen LogP contribution in [0, 0.1) is 0 Å². The third kappa shape index (κ3) is 6.57. The van der Waals surface area contributed by atoms with Crippen LogP contribution in [0.25, 0.3) is 0 Å². The minimum Gasteiger partial charge on any atom is -0.378 e. The molecule has 26 heavy (non-hydrogen) atoms. The molecule has 2 aromatic rings. The molecular weight excluding hydrogens is 352 g/mol. The molecule has 0 saturated carbocycles. The largest absolute Gasteiger partial charge is 0.378 e. The molecule has 7 heteroatoms. The number of benzene rings is 2. The Balaban J connectivity index is 1.72. The summed E-state index contributed by atoms with van der Waals surface area (Å²) >= 11 is 5.78. The lowest BCUT2D eigenvalue weighted by molar-refractivity contribution is -0.124. The Morgan fingerprint density at radius 1 is 1.00 bits per heavy atom. The van der Waals surface area contributed by atoms with Crippen LogP contribution in [0.4, 0.5) is 11.4 Å². The van der Waals surface area contributed by atoms with Gasteiger partial charge in [0.15, 0.2) is 0 Å². The molecule has 0 heterocycles. The van der Waals surface area contributed by atoms with Crippen LogP contribution in [0.1, 0.15) is 18.4 Å². The number of amides is 2. The molecule has 2 aromatic carbocycles. The van der Waals surface area contributed by atoms with Crippen molar-refractivity contribution < 1.29 is 9.59 Å². The quantitative estimate of drug-likeness (QED) is 0.578. The Bertz CT molecular complexity index is 771. The second-order valence-corrected chi connectivity index (χ2v) is 6.27. The SMILES string of the molecule is CN(C)c1ccc(/C=N/NC(=O)CCC(=O)Nc2ccc(Cl)cc2)cc1. The zero-order chi connectivity index (χ0) is 18.9. The van der Waals surface area contributed by atoms with E-state index in [1.165, 1.54) is 0 Å². The van der Waals surface area contributed by atoms with Crippen molar-refractivity contribution in [2.45, 2.75) is 12.8 Å². The molecule has 0 bridgehead atoms. The third-order valence-electron chi connectivity index (χ3n) is 3.52. The lowest BCUT2D eigenvalue weighted by Crippen LogP contribution is -2.20. The van der Waals surface area contributed by atoms with Gasteiger partial charge < -0.3 is 10.2 Å². The van der Waals surface area contributed by atoms with E-state index in [1.54, 1.807) is 30.5 Å². The van der Waals surface area contributed by atoms with E-state index in [9.17, 15) is 9.59 Å². The van der Waals surface area contributed by atoms with Gasteiger partial charge in [0.2, 0.25) is 11.8 Å². The van der Waals surface area contributed by atoms with Gasteiger partial charge in [0.25, 0.3) is 0 Å². The van der Waals surface area contributed by atoms with Crippen LogP contribution in [0.5, 0.6) is 0 Å². The molecule has 0 saturated heterocycles. The Kier molecular flexibility index (Phi) is 7.17. The Hall–Kier alpha value is -2.86. The number of carbonyl (C=O) groups excluding carboxylic acids is 2. The van der Waals surface area contributed by atoms with Gasteiger partial charge in [-0.05, 0) is 42.0 Å². The molecule has 0 spiro atoms. The highest BCUT2D eigenvalue weighted by molar-refractivity contribution is 6.30. The van der Waals surface area contributed by atoms with E-state index in [4.69, 9.17) is 11.6 Å². The van der Waals surface area contributed by atoms with Crippen LogP contribution in [0.15, 0.2) is 53.6 Å². The highest BCUT2D eigenvalue weighted by atomic mass is 35.5. The maximum Gasteiger partial charge on any atom is 0.240 e. The molecular formula is C19H21ClN4O2. The van der Waals surface area contributed by atoms with E-state index >= 15 is 0 Å². The molecule has 6 nitrogen and oxygen atoms in total. The molecule has 0 radical (unpaired) electrons. The van der Waals surface area contributed by atoms with Gasteiger partial charge in [0, 0.05) is 43.3 Å². The van der Waals surface area contributed by atoms with Gasteiger partial charge in [0.05, 0.1) is 6.21 Å². The van der Waals surface area contributed by atoms with Gasteiger partial charge in [-0.25, -0.2) is 5.43 Å². The smallest absolute Gasteiger partial charge is 0.240 e. The molecule has 0 aliphatic heterocycles. The Labute approximate surface area is 157 Å². The van der Waals surface area contributed by atoms with Gasteiger partial charge in [-0.2, -0.15) is 5.10 Å². The van der Waals surface area contributed by atoms with Crippen LogP contribution in [-0.2, 0) is 9.59 Å². The Morgan fingerprint density at radius 3 is 2.23 bits per heavy atom. The van der Waals surface area contributed by atoms with E-state index in [1.807, 2.05) is 43.3 Å². The first kappa shape index (κ1) is 19.5. The first-order chi connectivity index (χ1) is 12.4. The van der Waals surface area contributed by atoms with Crippen LogP contribution < -0.4 is 15.6 Å². The van der Waals surface area contributed by atoms with Crippen molar-refractivity contribution >= 4 is 41.0 Å². The maximum absolute atomic E-state index is 11.8. The fraction of sp³-hybridized carbons (Fsp3) is 0.211. The minimum absolute atomic E-state index is 0.0519. The first-order valence-electron chi connectivity index (χ1n) is 8.09. The second kappa shape index (κ2) is 9.58. The van der Waals surface area contributed by atoms with Crippen molar-refractivity contribution in [3.05, 3.63) is 59.1 Å². The summed E-state index contributed by atoms with van der Waals surface area (Å²) in [5.74, 6) is -0.567. The van der Waals surface area contributed by atoms with Gasteiger partial charge in [-0.15, -0.1) is 0 Å². The number of nitrogens with one attached hydrogen (secondary N) is 2. The third-order valence-corrected chi connectivity index (χ3v) is 3.77. The molecule has 0 fully saturated rings. The molecule has 2 rings (SSSR count). The average Bonchev–Trinajstić information content (AvgIpc) is 2.62. The molecule has 0 aromatic heterocycles. The summed E-state index contributed by atoms with van der Waals surface area (Å²) in [4.78, 5) is 25.6. The summed E-state index contributed by atoms with van der Waals surface area (Å²) in [6, 6.07) is 14.5. The van der Waals surface area contributed by atoms with Crippen LogP contribution >= 0.6 is 11.6 Å². The average molecular weight is 373 g/mol. The normalized spacial score (nSPS) is 10.6. The molecule has 2 amide bonds. The van der Waals surface area contributed by atoms with Gasteiger partial charge in [0.1, 0.15) is 0 Å². The number of hydrazone groups is 1. The van der Waals surface area contributed by atoms with E-state index < -0.39 is 0 Å². The van der Waals surface area contributed by atoms with Crippen molar-refractivity contribution in [1.29, 1.82) is 0 Å². The zero-order valence-electron chi connectivity index (χ0n) is 14.7. The van der Waals surface area contributed by atoms with Gasteiger partial charge >= 0.3 is 0 Å². The molecule has 0 aliphatic carbocycles. The van der Waals surface area contributed by atoms with Gasteiger partial charge in [-0.3, -0.25) is 9.59 Å². The predicted molar refractivity (Wildman–Crippen MR) is 106 cm³/mol. The first-order valence-corrected chi connectivity index (χ1v) is 8.46. The maximum atomic E-state index is 11.8. The monoisotopic (exact) mass is 372 g/mol. The van der Waals surface area contributed by atoms with E-state index in [0.29, 0.717) is 10.7 Å². The highest BCUT2D eigenvalue weighted by Crippen LogP contribution is 2.13. The number of halogens is 1. The lowest BCUT2D eigenvalue weighted by atomic mass is 10.2. The van der Waals surface area contributed by atoms with Crippen molar-refractivity contribution in [3.8, 4) is 0 Å². The molecule has 0 aliphatic rings. The standard InChI is InChI=1S/C19H21ClN4O2/c1-24(2)17-9-3-14(4-10-17)13-21-23-19(26)12-11-18(25)22-16-7-5-15(20)6-8-16/h3-10,13H,11-12H2,1-2H3,(H,22,25)(H,23,26)/b21-13+. The molecule has 136 valence electrons. The number of hydrogen-bond acceptors (Lipinski definition) is 4. The number of rotatable bonds is 7. The number of hydrogen-bond donors (Lipinski definition) is 2. The summed E-state index contributed by atoms with van der Waals surface area (Å²) in [5, 5.41) is 7.20. The minimum atomic E-state index is -0.322. The second-order valence-electron chi connectivity index (χ2n) is 5.83. The summed E-state index contributed by atoms with van der Waals surface area (Å²) < 4.78 is 0. The lowest BCUT2D eigenvalue weighted by Gasteiger charge is -2.11. The summed E-state index contributed by atoms with van der Waals surface area (Å²) in [6.07, 6.45) is 1.68. The fourth-order valence-corrected chi connectivity index (χ4v) is 2.20. The fourth-order valence-electron chi connectivity index (χ4n) is 2.08. The van der Waals surface area contributed by atoms with E-state index in [2.05, 4.69) is 15.8 Å². The van der Waals surface area contributed by atoms with Crippen molar-refractivity contribution in [1.82, 2.24) is 5.43 Å². The van der Waals surface area contributed by atoms with Crippen molar-refractivity contribution in [2.75, 3.05) is 24.3 Å². The number of anilines is 2. The Morgan fingerprint density at radius 2 is 1.62 bits per heavy atom. The predicted octanol–water partition coefficient (Wildman–Crippen LogP) is 3.28. The van der Waals surface area contributed by atoms with Crippen molar-refractivity contribution in [2.24, 2.45) is 5.10 Å². The molecule has 0 unspecified atom stereocenters. The number of carbonyl (C=O) groups is 2. The summed E-state index contributed by atoms with van der Waals surface area (Å²) in [7, 11) is 3.93.